The van der Waals surface area contributed by atoms with E-state index in [2.05, 4.69) is 0 Å². The van der Waals surface area contributed by atoms with Crippen LogP contribution in [0.3, 0.4) is 0 Å². The van der Waals surface area contributed by atoms with E-state index in [4.69, 9.17) is 5.73 Å². The number of nitrogens with two attached hydrogens (primary N) is 1. The van der Waals surface area contributed by atoms with E-state index in [0.717, 1.165) is 12.8 Å². The summed E-state index contributed by atoms with van der Waals surface area (Å²) in [5.41, 5.74) is 5.80. The molecule has 1 aromatic rings. The van der Waals surface area contributed by atoms with Gasteiger partial charge in [0.15, 0.2) is 0 Å². The number of rotatable bonds is 6. The quantitative estimate of drug-likeness (QED) is 0.621. The average molecular weight is 256 g/mol. The Balaban J connectivity index is 2.66. The molecule has 1 aromatic carbocycles. The first kappa shape index (κ1) is 13.8. The second kappa shape index (κ2) is 6.46. The van der Waals surface area contributed by atoms with Gasteiger partial charge in [0.25, 0.3) is 5.69 Å². The molecule has 0 spiro atoms. The minimum atomic E-state index is -1.18. The van der Waals surface area contributed by atoms with Crippen LogP contribution < -0.4 is 5.73 Å². The third-order valence-electron chi connectivity index (χ3n) is 2.34. The first-order valence-corrected chi connectivity index (χ1v) is 6.75. The van der Waals surface area contributed by atoms with Gasteiger partial charge in [0.2, 0.25) is 0 Å². The van der Waals surface area contributed by atoms with Gasteiger partial charge < -0.3 is 5.73 Å². The fraction of sp³-hybridized carbons (Fsp3) is 0.455. The van der Waals surface area contributed by atoms with Crippen molar-refractivity contribution in [2.45, 2.75) is 30.7 Å². The van der Waals surface area contributed by atoms with Crippen LogP contribution in [0.4, 0.5) is 5.69 Å². The van der Waals surface area contributed by atoms with Crippen LogP contribution in [0.2, 0.25) is 0 Å². The van der Waals surface area contributed by atoms with Gasteiger partial charge in [-0.15, -0.1) is 0 Å². The highest BCUT2D eigenvalue weighted by molar-refractivity contribution is 7.85. The summed E-state index contributed by atoms with van der Waals surface area (Å²) in [6, 6.07) is 5.67. The molecule has 0 aliphatic rings. The molecule has 5 nitrogen and oxygen atoms in total. The van der Waals surface area contributed by atoms with E-state index in [1.807, 2.05) is 6.92 Å². The van der Waals surface area contributed by atoms with E-state index in [0.29, 0.717) is 10.6 Å². The number of hydrogen-bond donors (Lipinski definition) is 1. The average Bonchev–Trinajstić information content (AvgIpc) is 2.29. The van der Waals surface area contributed by atoms with E-state index in [1.165, 1.54) is 24.3 Å². The van der Waals surface area contributed by atoms with Gasteiger partial charge >= 0.3 is 0 Å². The van der Waals surface area contributed by atoms with Crippen molar-refractivity contribution in [2.75, 3.05) is 5.75 Å². The number of hydrogen-bond acceptors (Lipinski definition) is 4. The number of nitro benzene ring substituents is 1. The number of benzene rings is 1. The van der Waals surface area contributed by atoms with Gasteiger partial charge in [-0.05, 0) is 18.6 Å². The lowest BCUT2D eigenvalue weighted by Crippen LogP contribution is -2.26. The zero-order chi connectivity index (χ0) is 12.8. The van der Waals surface area contributed by atoms with E-state index in [9.17, 15) is 14.3 Å². The highest BCUT2D eigenvalue weighted by Crippen LogP contribution is 2.15. The molecule has 0 saturated carbocycles. The van der Waals surface area contributed by atoms with Crippen molar-refractivity contribution < 1.29 is 9.13 Å². The molecule has 0 radical (unpaired) electrons. The number of nitrogens with zero attached hydrogens (tertiary/aromatic N) is 1. The Kier molecular flexibility index (Phi) is 5.24. The molecule has 0 aliphatic heterocycles. The summed E-state index contributed by atoms with van der Waals surface area (Å²) in [7, 11) is -1.18. The molecule has 17 heavy (non-hydrogen) atoms. The summed E-state index contributed by atoms with van der Waals surface area (Å²) in [5, 5.41) is 10.5. The van der Waals surface area contributed by atoms with Crippen LogP contribution in [0.25, 0.3) is 0 Å². The predicted molar refractivity (Wildman–Crippen MR) is 67.3 cm³/mol. The Morgan fingerprint density at radius 1 is 1.41 bits per heavy atom. The monoisotopic (exact) mass is 256 g/mol. The molecule has 0 fully saturated rings. The predicted octanol–water partition coefficient (Wildman–Crippen LogP) is 1.83. The summed E-state index contributed by atoms with van der Waals surface area (Å²) >= 11 is 0. The van der Waals surface area contributed by atoms with Crippen molar-refractivity contribution >= 4 is 16.5 Å². The van der Waals surface area contributed by atoms with Crippen LogP contribution in [0.1, 0.15) is 19.8 Å². The lowest BCUT2D eigenvalue weighted by molar-refractivity contribution is -0.384. The van der Waals surface area contributed by atoms with Crippen molar-refractivity contribution in [3.63, 3.8) is 0 Å². The minimum Gasteiger partial charge on any atom is -0.327 e. The van der Waals surface area contributed by atoms with Crippen molar-refractivity contribution in [2.24, 2.45) is 5.73 Å². The van der Waals surface area contributed by atoms with Crippen LogP contribution in [-0.2, 0) is 10.8 Å². The molecule has 0 aromatic heterocycles. The van der Waals surface area contributed by atoms with Crippen LogP contribution in [0.5, 0.6) is 0 Å². The fourth-order valence-electron chi connectivity index (χ4n) is 1.46. The molecular weight excluding hydrogens is 240 g/mol. The maximum Gasteiger partial charge on any atom is 0.269 e. The minimum absolute atomic E-state index is 0.00334. The molecule has 2 unspecified atom stereocenters. The molecule has 0 bridgehead atoms. The Bertz CT molecular complexity index is 406. The molecular formula is C11H16N2O3S. The van der Waals surface area contributed by atoms with Crippen LogP contribution >= 0.6 is 0 Å². The standard InChI is InChI=1S/C11H16N2O3S/c1-2-3-9(12)8-17(16)11-6-4-10(5-7-11)13(14)15/h4-7,9H,2-3,8,12H2,1H3. The Morgan fingerprint density at radius 2 is 2.00 bits per heavy atom. The summed E-state index contributed by atoms with van der Waals surface area (Å²) in [4.78, 5) is 10.6. The lowest BCUT2D eigenvalue weighted by Gasteiger charge is -2.09. The van der Waals surface area contributed by atoms with Crippen molar-refractivity contribution in [3.8, 4) is 0 Å². The van der Waals surface area contributed by atoms with Gasteiger partial charge in [-0.2, -0.15) is 0 Å². The first-order chi connectivity index (χ1) is 8.04. The van der Waals surface area contributed by atoms with Gasteiger partial charge in [0.1, 0.15) is 0 Å². The van der Waals surface area contributed by atoms with Gasteiger partial charge in [0.05, 0.1) is 15.7 Å². The summed E-state index contributed by atoms with van der Waals surface area (Å²) < 4.78 is 11.9. The molecule has 2 N–H and O–H groups in total. The van der Waals surface area contributed by atoms with Crippen LogP contribution in [0, 0.1) is 10.1 Å². The van der Waals surface area contributed by atoms with Crippen molar-refractivity contribution in [1.29, 1.82) is 0 Å². The van der Waals surface area contributed by atoms with Gasteiger partial charge in [0, 0.05) is 28.8 Å². The van der Waals surface area contributed by atoms with Gasteiger partial charge in [-0.25, -0.2) is 0 Å². The van der Waals surface area contributed by atoms with Crippen LogP contribution in [-0.4, -0.2) is 20.9 Å². The molecule has 1 rings (SSSR count). The molecule has 2 atom stereocenters. The van der Waals surface area contributed by atoms with Gasteiger partial charge in [-0.1, -0.05) is 13.3 Å². The maximum absolute atomic E-state index is 11.9. The highest BCUT2D eigenvalue weighted by Gasteiger charge is 2.11. The SMILES string of the molecule is CCCC(N)CS(=O)c1ccc([N+](=O)[O-])cc1. The fourth-order valence-corrected chi connectivity index (χ4v) is 2.65. The van der Waals surface area contributed by atoms with Crippen LogP contribution in [0.15, 0.2) is 29.2 Å². The maximum atomic E-state index is 11.9. The lowest BCUT2D eigenvalue weighted by atomic mass is 10.2. The molecule has 6 heteroatoms. The Hall–Kier alpha value is -1.27. The number of non-ortho nitro benzene ring substituents is 1. The Morgan fingerprint density at radius 3 is 2.47 bits per heavy atom. The van der Waals surface area contributed by atoms with Gasteiger partial charge in [-0.3, -0.25) is 14.3 Å². The largest absolute Gasteiger partial charge is 0.327 e. The molecule has 0 aliphatic carbocycles. The smallest absolute Gasteiger partial charge is 0.269 e. The zero-order valence-electron chi connectivity index (χ0n) is 9.67. The Labute approximate surface area is 103 Å². The first-order valence-electron chi connectivity index (χ1n) is 5.43. The third kappa shape index (κ3) is 4.24. The third-order valence-corrected chi connectivity index (χ3v) is 3.86. The molecule has 0 amide bonds. The summed E-state index contributed by atoms with van der Waals surface area (Å²) in [5.74, 6) is 0.394. The topological polar surface area (TPSA) is 86.2 Å². The zero-order valence-corrected chi connectivity index (χ0v) is 10.5. The number of nitro groups is 1. The van der Waals surface area contributed by atoms with Crippen molar-refractivity contribution in [1.82, 2.24) is 0 Å². The second-order valence-corrected chi connectivity index (χ2v) is 5.31. The van der Waals surface area contributed by atoms with E-state index >= 15 is 0 Å². The molecule has 0 saturated heterocycles. The molecule has 94 valence electrons. The second-order valence-electron chi connectivity index (χ2n) is 3.81. The highest BCUT2D eigenvalue weighted by atomic mass is 32.2. The van der Waals surface area contributed by atoms with E-state index in [1.54, 1.807) is 0 Å². The molecule has 0 heterocycles. The van der Waals surface area contributed by atoms with Crippen molar-refractivity contribution in [3.05, 3.63) is 34.4 Å². The summed E-state index contributed by atoms with van der Waals surface area (Å²) in [6.45, 7) is 2.02. The summed E-state index contributed by atoms with van der Waals surface area (Å²) in [6.07, 6.45) is 1.79. The normalized spacial score (nSPS) is 14.2. The van der Waals surface area contributed by atoms with E-state index in [-0.39, 0.29) is 11.7 Å². The van der Waals surface area contributed by atoms with E-state index < -0.39 is 15.7 Å².